The molecule has 0 saturated carbocycles. The monoisotopic (exact) mass is 343 g/mol. The van der Waals surface area contributed by atoms with Gasteiger partial charge in [0.05, 0.1) is 12.1 Å². The van der Waals surface area contributed by atoms with Crippen LogP contribution in [-0.2, 0) is 18.4 Å². The third-order valence-corrected chi connectivity index (χ3v) is 3.77. The summed E-state index contributed by atoms with van der Waals surface area (Å²) in [6, 6.07) is 10.6. The minimum atomic E-state index is -0.745. The van der Waals surface area contributed by atoms with Gasteiger partial charge in [0.2, 0.25) is 12.4 Å². The van der Waals surface area contributed by atoms with Gasteiger partial charge >= 0.3 is 0 Å². The van der Waals surface area contributed by atoms with Crippen LogP contribution in [-0.4, -0.2) is 21.0 Å². The van der Waals surface area contributed by atoms with Crippen molar-refractivity contribution < 1.29 is 13.6 Å². The number of halogens is 2. The van der Waals surface area contributed by atoms with Crippen molar-refractivity contribution in [2.75, 3.05) is 5.73 Å². The third-order valence-electron chi connectivity index (χ3n) is 3.77. The van der Waals surface area contributed by atoms with Crippen molar-refractivity contribution in [3.8, 4) is 0 Å². The van der Waals surface area contributed by atoms with Crippen molar-refractivity contribution in [3.63, 3.8) is 0 Å². The summed E-state index contributed by atoms with van der Waals surface area (Å²) in [6.07, 6.45) is 0.400. The molecule has 25 heavy (non-hydrogen) atoms. The summed E-state index contributed by atoms with van der Waals surface area (Å²) in [5.74, 6) is -1.29. The molecule has 3 aromatic rings. The van der Waals surface area contributed by atoms with Gasteiger partial charge in [0, 0.05) is 18.0 Å². The molecule has 0 atom stereocenters. The van der Waals surface area contributed by atoms with E-state index in [-0.39, 0.29) is 18.1 Å². The van der Waals surface area contributed by atoms with Crippen molar-refractivity contribution in [3.05, 3.63) is 65.2 Å². The molecule has 0 saturated heterocycles. The molecule has 0 aliphatic rings. The molecule has 2 aromatic carbocycles. The lowest BCUT2D eigenvalue weighted by Crippen LogP contribution is -2.28. The number of para-hydroxylation sites is 1. The topological polar surface area (TPSA) is 76.5 Å². The fraction of sp³-hybridized carbons (Fsp3) is 0.118. The van der Waals surface area contributed by atoms with Crippen molar-refractivity contribution in [2.24, 2.45) is 12.1 Å². The first-order valence-corrected chi connectivity index (χ1v) is 7.42. The second-order valence-electron chi connectivity index (χ2n) is 5.37. The van der Waals surface area contributed by atoms with E-state index in [0.29, 0.717) is 22.8 Å². The van der Waals surface area contributed by atoms with Crippen LogP contribution in [0.15, 0.2) is 47.6 Å². The standard InChI is InChI=1S/C17H15F2N5O/c1-23-16(11-5-2-3-8-15(11)21-17(23)20)22-24(10-25)9-12-13(18)6-4-7-14(12)19/h2-8,10H,9H2,1H3,(H2,20,21)/b22-16-. The molecule has 0 radical (unpaired) electrons. The highest BCUT2D eigenvalue weighted by atomic mass is 19.1. The highest BCUT2D eigenvalue weighted by Crippen LogP contribution is 2.14. The van der Waals surface area contributed by atoms with E-state index in [1.165, 1.54) is 10.6 Å². The van der Waals surface area contributed by atoms with E-state index in [2.05, 4.69) is 10.1 Å². The lowest BCUT2D eigenvalue weighted by atomic mass is 10.2. The van der Waals surface area contributed by atoms with Crippen LogP contribution < -0.4 is 11.2 Å². The Kier molecular flexibility index (Phi) is 4.42. The Morgan fingerprint density at radius 1 is 1.20 bits per heavy atom. The first kappa shape index (κ1) is 16.6. The van der Waals surface area contributed by atoms with Gasteiger partial charge in [-0.05, 0) is 24.3 Å². The largest absolute Gasteiger partial charge is 0.369 e. The molecular weight excluding hydrogens is 328 g/mol. The number of hydrogen-bond donors (Lipinski definition) is 1. The molecule has 0 bridgehead atoms. The molecule has 0 aliphatic heterocycles. The van der Waals surface area contributed by atoms with Crippen LogP contribution in [0.3, 0.4) is 0 Å². The van der Waals surface area contributed by atoms with Crippen LogP contribution >= 0.6 is 0 Å². The van der Waals surface area contributed by atoms with Crippen LogP contribution in [0.1, 0.15) is 5.56 Å². The number of fused-ring (bicyclic) bond motifs is 1. The lowest BCUT2D eigenvalue weighted by Gasteiger charge is -2.14. The summed E-state index contributed by atoms with van der Waals surface area (Å²) in [7, 11) is 1.64. The molecule has 0 spiro atoms. The zero-order valence-corrected chi connectivity index (χ0v) is 13.4. The summed E-state index contributed by atoms with van der Waals surface area (Å²) in [6.45, 7) is -0.349. The van der Waals surface area contributed by atoms with Gasteiger partial charge in [0.15, 0.2) is 5.49 Å². The van der Waals surface area contributed by atoms with Gasteiger partial charge in [-0.25, -0.2) is 18.8 Å². The molecule has 1 heterocycles. The Hall–Kier alpha value is -3.29. The second-order valence-corrected chi connectivity index (χ2v) is 5.37. The molecule has 6 nitrogen and oxygen atoms in total. The lowest BCUT2D eigenvalue weighted by molar-refractivity contribution is -0.119. The summed E-state index contributed by atoms with van der Waals surface area (Å²) >= 11 is 0. The van der Waals surface area contributed by atoms with E-state index in [1.807, 2.05) is 0 Å². The van der Waals surface area contributed by atoms with E-state index >= 15 is 0 Å². The molecule has 0 unspecified atom stereocenters. The van der Waals surface area contributed by atoms with Crippen molar-refractivity contribution in [1.29, 1.82) is 0 Å². The van der Waals surface area contributed by atoms with Crippen LogP contribution in [0.2, 0.25) is 0 Å². The number of nitrogen functional groups attached to an aromatic ring is 1. The van der Waals surface area contributed by atoms with Gasteiger partial charge in [-0.15, -0.1) is 0 Å². The average Bonchev–Trinajstić information content (AvgIpc) is 2.60. The quantitative estimate of drug-likeness (QED) is 0.581. The molecule has 3 rings (SSSR count). The van der Waals surface area contributed by atoms with Crippen LogP contribution in [0.5, 0.6) is 0 Å². The summed E-state index contributed by atoms with van der Waals surface area (Å²) < 4.78 is 29.1. The first-order chi connectivity index (χ1) is 12.0. The Morgan fingerprint density at radius 3 is 2.56 bits per heavy atom. The first-order valence-electron chi connectivity index (χ1n) is 7.42. The fourth-order valence-corrected chi connectivity index (χ4v) is 2.43. The summed E-state index contributed by atoms with van der Waals surface area (Å²) in [5, 5.41) is 5.79. The maximum absolute atomic E-state index is 13.8. The summed E-state index contributed by atoms with van der Waals surface area (Å²) in [4.78, 5) is 15.6. The molecule has 0 fully saturated rings. The number of benzene rings is 2. The highest BCUT2D eigenvalue weighted by molar-refractivity contribution is 5.78. The predicted octanol–water partition coefficient (Wildman–Crippen LogP) is 1.91. The number of hydrogen-bond acceptors (Lipinski definition) is 4. The number of aromatic nitrogens is 2. The smallest absolute Gasteiger partial charge is 0.230 e. The Labute approximate surface area is 141 Å². The van der Waals surface area contributed by atoms with Gasteiger partial charge < -0.3 is 5.73 Å². The SMILES string of the molecule is Cn1c(N)nc2ccccc2/c1=N/N(C=O)Cc1c(F)cccc1F. The Balaban J connectivity index is 2.14. The number of anilines is 1. The zero-order valence-electron chi connectivity index (χ0n) is 13.4. The number of carbonyl (C=O) groups excluding carboxylic acids is 1. The molecule has 0 aliphatic carbocycles. The number of nitrogens with zero attached hydrogens (tertiary/aromatic N) is 4. The number of rotatable bonds is 4. The van der Waals surface area contributed by atoms with E-state index in [1.54, 1.807) is 31.3 Å². The minimum absolute atomic E-state index is 0.195. The minimum Gasteiger partial charge on any atom is -0.369 e. The van der Waals surface area contributed by atoms with Gasteiger partial charge in [-0.3, -0.25) is 9.36 Å². The number of carbonyl (C=O) groups is 1. The van der Waals surface area contributed by atoms with E-state index < -0.39 is 11.6 Å². The average molecular weight is 343 g/mol. The van der Waals surface area contributed by atoms with Crippen molar-refractivity contribution in [2.45, 2.75) is 6.54 Å². The Bertz CT molecular complexity index is 995. The third kappa shape index (κ3) is 3.18. The van der Waals surface area contributed by atoms with E-state index in [0.717, 1.165) is 17.1 Å². The molecule has 1 amide bonds. The van der Waals surface area contributed by atoms with Crippen LogP contribution in [0.25, 0.3) is 10.9 Å². The van der Waals surface area contributed by atoms with E-state index in [4.69, 9.17) is 5.73 Å². The number of nitrogens with two attached hydrogens (primary N) is 1. The maximum atomic E-state index is 13.8. The van der Waals surface area contributed by atoms with E-state index in [9.17, 15) is 13.6 Å². The number of amides is 1. The Morgan fingerprint density at radius 2 is 1.88 bits per heavy atom. The van der Waals surface area contributed by atoms with Gasteiger partial charge in [0.1, 0.15) is 11.6 Å². The van der Waals surface area contributed by atoms with Crippen molar-refractivity contribution >= 4 is 23.3 Å². The maximum Gasteiger partial charge on any atom is 0.230 e. The van der Waals surface area contributed by atoms with Gasteiger partial charge in [-0.1, -0.05) is 18.2 Å². The molecule has 1 aromatic heterocycles. The zero-order chi connectivity index (χ0) is 18.0. The van der Waals surface area contributed by atoms with Gasteiger partial charge in [-0.2, -0.15) is 5.10 Å². The molecule has 128 valence electrons. The second kappa shape index (κ2) is 6.68. The predicted molar refractivity (Wildman–Crippen MR) is 88.7 cm³/mol. The molecule has 8 heteroatoms. The summed E-state index contributed by atoms with van der Waals surface area (Å²) in [5.41, 5.74) is 6.58. The fourth-order valence-electron chi connectivity index (χ4n) is 2.43. The molecular formula is C17H15F2N5O. The van der Waals surface area contributed by atoms with Crippen molar-refractivity contribution in [1.82, 2.24) is 14.6 Å². The normalized spacial score (nSPS) is 11.7. The van der Waals surface area contributed by atoms with Crippen LogP contribution in [0, 0.1) is 11.6 Å². The van der Waals surface area contributed by atoms with Gasteiger partial charge in [0.25, 0.3) is 0 Å². The van der Waals surface area contributed by atoms with Crippen LogP contribution in [0.4, 0.5) is 14.7 Å². The highest BCUT2D eigenvalue weighted by Gasteiger charge is 2.13. The molecule has 2 N–H and O–H groups in total.